The van der Waals surface area contributed by atoms with Gasteiger partial charge in [-0.1, -0.05) is 18.2 Å². The molecule has 0 aliphatic carbocycles. The molecule has 0 saturated carbocycles. The van der Waals surface area contributed by atoms with Crippen LogP contribution in [0.4, 0.5) is 5.69 Å². The molecule has 1 aromatic carbocycles. The highest BCUT2D eigenvalue weighted by Gasteiger charge is 2.14. The number of carbonyl (C=O) groups is 1. The van der Waals surface area contributed by atoms with Gasteiger partial charge in [-0.15, -0.1) is 0 Å². The van der Waals surface area contributed by atoms with Crippen LogP contribution in [0.2, 0.25) is 0 Å². The lowest BCUT2D eigenvalue weighted by Gasteiger charge is -2.04. The van der Waals surface area contributed by atoms with E-state index in [1.807, 2.05) is 30.3 Å². The summed E-state index contributed by atoms with van der Waals surface area (Å²) in [5.41, 5.74) is 10.4. The van der Waals surface area contributed by atoms with Crippen molar-refractivity contribution in [2.45, 2.75) is 0 Å². The van der Waals surface area contributed by atoms with Gasteiger partial charge in [-0.2, -0.15) is 0 Å². The molecule has 19 heavy (non-hydrogen) atoms. The molecule has 3 rings (SSSR count). The molecule has 0 aliphatic rings. The quantitative estimate of drug-likeness (QED) is 0.644. The molecule has 0 radical (unpaired) electrons. The predicted octanol–water partition coefficient (Wildman–Crippen LogP) is 3.32. The van der Waals surface area contributed by atoms with Crippen LogP contribution in [-0.2, 0) is 7.05 Å². The van der Waals surface area contributed by atoms with Crippen LogP contribution in [-0.4, -0.2) is 15.0 Å². The van der Waals surface area contributed by atoms with Gasteiger partial charge < -0.3 is 15.2 Å². The number of aryl methyl sites for hydroxylation is 1. The Balaban J connectivity index is 2.13. The number of nitrogens with zero attached hydrogens (tertiary/aromatic N) is 4. The fourth-order valence-electron chi connectivity index (χ4n) is 2.20. The van der Waals surface area contributed by atoms with Crippen molar-refractivity contribution in [3.8, 4) is 0 Å². The van der Waals surface area contributed by atoms with E-state index in [0.717, 1.165) is 10.9 Å². The smallest absolute Gasteiger partial charge is 0.279 e. The number of hydrogen-bond acceptors (Lipinski definition) is 2. The Bertz CT molecular complexity index is 782. The van der Waals surface area contributed by atoms with Gasteiger partial charge in [-0.05, 0) is 18.2 Å². The Kier molecular flexibility index (Phi) is 2.52. The molecule has 0 amide bonds. The van der Waals surface area contributed by atoms with Crippen LogP contribution < -0.4 is 0 Å². The van der Waals surface area contributed by atoms with Crippen LogP contribution in [0.5, 0.6) is 0 Å². The molecule has 0 fully saturated rings. The summed E-state index contributed by atoms with van der Waals surface area (Å²) < 4.78 is 3.23. The van der Waals surface area contributed by atoms with Gasteiger partial charge in [0, 0.05) is 24.8 Å². The SMILES string of the molecule is Cn1cc(N=[N-])cc1C(=O)n1ccc2ccccc21. The summed E-state index contributed by atoms with van der Waals surface area (Å²) in [6.07, 6.45) is 3.34. The molecule has 2 heterocycles. The molecule has 5 nitrogen and oxygen atoms in total. The van der Waals surface area contributed by atoms with Gasteiger partial charge >= 0.3 is 0 Å². The van der Waals surface area contributed by atoms with Crippen LogP contribution in [0.1, 0.15) is 10.5 Å². The minimum Gasteiger partial charge on any atom is -0.706 e. The summed E-state index contributed by atoms with van der Waals surface area (Å²) in [5.74, 6) is -0.154. The van der Waals surface area contributed by atoms with Gasteiger partial charge in [0.15, 0.2) is 0 Å². The van der Waals surface area contributed by atoms with E-state index in [1.54, 1.807) is 34.6 Å². The van der Waals surface area contributed by atoms with E-state index in [4.69, 9.17) is 5.53 Å². The zero-order chi connectivity index (χ0) is 13.4. The molecule has 94 valence electrons. The van der Waals surface area contributed by atoms with E-state index in [9.17, 15) is 4.79 Å². The zero-order valence-electron chi connectivity index (χ0n) is 10.3. The third kappa shape index (κ3) is 1.76. The number of fused-ring (bicyclic) bond motifs is 1. The van der Waals surface area contributed by atoms with Gasteiger partial charge in [-0.3, -0.25) is 9.36 Å². The van der Waals surface area contributed by atoms with Gasteiger partial charge in [0.25, 0.3) is 5.91 Å². The predicted molar refractivity (Wildman–Crippen MR) is 72.5 cm³/mol. The monoisotopic (exact) mass is 251 g/mol. The second-order valence-electron chi connectivity index (χ2n) is 4.34. The van der Waals surface area contributed by atoms with Crippen molar-refractivity contribution in [3.63, 3.8) is 0 Å². The van der Waals surface area contributed by atoms with Crippen LogP contribution in [0.3, 0.4) is 0 Å². The first-order valence-electron chi connectivity index (χ1n) is 5.83. The van der Waals surface area contributed by atoms with Crippen molar-refractivity contribution in [3.05, 3.63) is 60.0 Å². The van der Waals surface area contributed by atoms with Crippen molar-refractivity contribution in [1.82, 2.24) is 9.13 Å². The summed E-state index contributed by atoms with van der Waals surface area (Å²) in [6, 6.07) is 11.1. The number of aromatic nitrogens is 2. The van der Waals surface area contributed by atoms with E-state index >= 15 is 0 Å². The Morgan fingerprint density at radius 3 is 2.79 bits per heavy atom. The third-order valence-corrected chi connectivity index (χ3v) is 3.14. The molecule has 5 heteroatoms. The summed E-state index contributed by atoms with van der Waals surface area (Å²) in [4.78, 5) is 12.5. The first-order valence-corrected chi connectivity index (χ1v) is 5.83. The lowest BCUT2D eigenvalue weighted by Crippen LogP contribution is -2.14. The van der Waals surface area contributed by atoms with E-state index in [0.29, 0.717) is 11.4 Å². The summed E-state index contributed by atoms with van der Waals surface area (Å²) >= 11 is 0. The largest absolute Gasteiger partial charge is 0.706 e. The number of hydrogen-bond donors (Lipinski definition) is 0. The molecule has 2 aromatic heterocycles. The number of para-hydroxylation sites is 1. The van der Waals surface area contributed by atoms with Crippen molar-refractivity contribution in [2.75, 3.05) is 0 Å². The Labute approximate surface area is 109 Å². The van der Waals surface area contributed by atoms with Gasteiger partial charge in [-0.25, -0.2) is 0 Å². The standard InChI is InChI=1S/C14H11N4O/c1-17-9-11(16-15)8-13(17)14(19)18-7-6-10-4-2-3-5-12(10)18/h2-9H,1H3/q-1. The fourth-order valence-corrected chi connectivity index (χ4v) is 2.20. The molecule has 0 bridgehead atoms. The van der Waals surface area contributed by atoms with E-state index in [1.165, 1.54) is 0 Å². The highest BCUT2D eigenvalue weighted by atomic mass is 16.2. The third-order valence-electron chi connectivity index (χ3n) is 3.14. The Morgan fingerprint density at radius 1 is 1.26 bits per heavy atom. The lowest BCUT2D eigenvalue weighted by atomic mass is 10.2. The van der Waals surface area contributed by atoms with Crippen LogP contribution in [0.25, 0.3) is 16.4 Å². The molecule has 0 saturated heterocycles. The molecule has 0 spiro atoms. The maximum absolute atomic E-state index is 12.5. The topological polar surface area (TPSA) is 61.6 Å². The molecule has 0 atom stereocenters. The fraction of sp³-hybridized carbons (Fsp3) is 0.0714. The van der Waals surface area contributed by atoms with Gasteiger partial charge in [0.1, 0.15) is 5.69 Å². The zero-order valence-corrected chi connectivity index (χ0v) is 10.3. The molecule has 0 aliphatic heterocycles. The van der Waals surface area contributed by atoms with Crippen LogP contribution in [0, 0.1) is 0 Å². The van der Waals surface area contributed by atoms with Crippen molar-refractivity contribution in [2.24, 2.45) is 12.2 Å². The molecular formula is C14H11N4O-. The summed E-state index contributed by atoms with van der Waals surface area (Å²) in [5, 5.41) is 4.11. The summed E-state index contributed by atoms with van der Waals surface area (Å²) in [6.45, 7) is 0. The van der Waals surface area contributed by atoms with Crippen LogP contribution >= 0.6 is 0 Å². The lowest BCUT2D eigenvalue weighted by molar-refractivity contribution is 0.0957. The average Bonchev–Trinajstić information content (AvgIpc) is 3.01. The maximum Gasteiger partial charge on any atom is 0.279 e. The first kappa shape index (κ1) is 11.4. The maximum atomic E-state index is 12.5. The molecule has 0 unspecified atom stereocenters. The normalized spacial score (nSPS) is 10.8. The first-order chi connectivity index (χ1) is 9.20. The van der Waals surface area contributed by atoms with E-state index in [-0.39, 0.29) is 5.91 Å². The van der Waals surface area contributed by atoms with Gasteiger partial charge in [0.2, 0.25) is 0 Å². The minimum atomic E-state index is -0.154. The van der Waals surface area contributed by atoms with E-state index < -0.39 is 0 Å². The van der Waals surface area contributed by atoms with Crippen molar-refractivity contribution >= 4 is 22.5 Å². The number of benzene rings is 1. The minimum absolute atomic E-state index is 0.154. The van der Waals surface area contributed by atoms with Crippen LogP contribution in [0.15, 0.2) is 53.9 Å². The van der Waals surface area contributed by atoms with Crippen molar-refractivity contribution in [1.29, 1.82) is 0 Å². The second kappa shape index (κ2) is 4.20. The molecule has 3 aromatic rings. The number of carbonyl (C=O) groups excluding carboxylic acids is 1. The molecule has 0 N–H and O–H groups in total. The number of rotatable bonds is 2. The second-order valence-corrected chi connectivity index (χ2v) is 4.34. The van der Waals surface area contributed by atoms with Crippen molar-refractivity contribution < 1.29 is 4.79 Å². The Morgan fingerprint density at radius 2 is 2.05 bits per heavy atom. The van der Waals surface area contributed by atoms with E-state index in [2.05, 4.69) is 5.11 Å². The molecular weight excluding hydrogens is 240 g/mol. The van der Waals surface area contributed by atoms with Gasteiger partial charge in [0.05, 0.1) is 11.2 Å². The highest BCUT2D eigenvalue weighted by molar-refractivity contribution is 6.01. The highest BCUT2D eigenvalue weighted by Crippen LogP contribution is 2.20. The average molecular weight is 251 g/mol. The summed E-state index contributed by atoms with van der Waals surface area (Å²) in [7, 11) is 1.74. The Hall–Kier alpha value is -2.69.